The third-order valence-corrected chi connectivity index (χ3v) is 4.68. The van der Waals surface area contributed by atoms with Crippen LogP contribution in [0.1, 0.15) is 47.3 Å². The Bertz CT molecular complexity index is 698. The van der Waals surface area contributed by atoms with Gasteiger partial charge < -0.3 is 10.1 Å². The van der Waals surface area contributed by atoms with Crippen molar-refractivity contribution >= 4 is 5.91 Å². The normalized spacial score (nSPS) is 16.3. The van der Waals surface area contributed by atoms with Crippen LogP contribution in [0, 0.1) is 6.92 Å². The first-order valence-electron chi connectivity index (χ1n) is 8.01. The average molecular weight is 313 g/mol. The number of nitrogens with one attached hydrogen (secondary N) is 1. The highest BCUT2D eigenvalue weighted by atomic mass is 16.5. The van der Waals surface area contributed by atoms with Crippen molar-refractivity contribution in [2.24, 2.45) is 7.05 Å². The summed E-state index contributed by atoms with van der Waals surface area (Å²) >= 11 is 0. The second-order valence-corrected chi connectivity index (χ2v) is 6.31. The molecule has 1 fully saturated rings. The Morgan fingerprint density at radius 1 is 1.26 bits per heavy atom. The van der Waals surface area contributed by atoms with Gasteiger partial charge in [0.1, 0.15) is 5.75 Å². The number of carbonyl (C=O) groups is 1. The number of amides is 1. The Morgan fingerprint density at radius 3 is 2.43 bits per heavy atom. The van der Waals surface area contributed by atoms with Gasteiger partial charge in [-0.25, -0.2) is 0 Å². The molecule has 1 heterocycles. The van der Waals surface area contributed by atoms with Gasteiger partial charge in [0.2, 0.25) is 0 Å². The number of carbonyl (C=O) groups excluding carboxylic acids is 1. The maximum absolute atomic E-state index is 12.7. The first kappa shape index (κ1) is 15.6. The van der Waals surface area contributed by atoms with Gasteiger partial charge in [0.15, 0.2) is 5.69 Å². The van der Waals surface area contributed by atoms with E-state index < -0.39 is 0 Å². The molecule has 3 rings (SSSR count). The highest BCUT2D eigenvalue weighted by Gasteiger charge is 2.37. The van der Waals surface area contributed by atoms with Crippen LogP contribution >= 0.6 is 0 Å². The van der Waals surface area contributed by atoms with Gasteiger partial charge in [-0.3, -0.25) is 9.48 Å². The SMILES string of the molecule is COc1ccc(C2(NC(=O)c3nn(C)cc3C)CCCC2)cc1. The van der Waals surface area contributed by atoms with Crippen molar-refractivity contribution < 1.29 is 9.53 Å². The van der Waals surface area contributed by atoms with E-state index in [4.69, 9.17) is 4.74 Å². The van der Waals surface area contributed by atoms with E-state index >= 15 is 0 Å². The van der Waals surface area contributed by atoms with Gasteiger partial charge in [0, 0.05) is 18.8 Å². The number of ether oxygens (including phenoxy) is 1. The molecule has 0 aliphatic heterocycles. The van der Waals surface area contributed by atoms with Gasteiger partial charge in [-0.1, -0.05) is 25.0 Å². The molecular formula is C18H23N3O2. The van der Waals surface area contributed by atoms with Crippen molar-refractivity contribution in [2.45, 2.75) is 38.1 Å². The highest BCUT2D eigenvalue weighted by Crippen LogP contribution is 2.39. The lowest BCUT2D eigenvalue weighted by Gasteiger charge is -2.31. The summed E-state index contributed by atoms with van der Waals surface area (Å²) in [5.41, 5.74) is 2.24. The first-order chi connectivity index (χ1) is 11.0. The summed E-state index contributed by atoms with van der Waals surface area (Å²) in [5, 5.41) is 7.55. The summed E-state index contributed by atoms with van der Waals surface area (Å²) in [6.07, 6.45) is 6.01. The zero-order chi connectivity index (χ0) is 16.4. The van der Waals surface area contributed by atoms with Crippen LogP contribution in [0.25, 0.3) is 0 Å². The van der Waals surface area contributed by atoms with Crippen LogP contribution in [0.5, 0.6) is 5.75 Å². The first-order valence-corrected chi connectivity index (χ1v) is 8.01. The summed E-state index contributed by atoms with van der Waals surface area (Å²) in [5.74, 6) is 0.731. The van der Waals surface area contributed by atoms with Crippen LogP contribution in [0.3, 0.4) is 0 Å². The Labute approximate surface area is 136 Å². The predicted octanol–water partition coefficient (Wildman–Crippen LogP) is 2.94. The predicted molar refractivity (Wildman–Crippen MR) is 88.6 cm³/mol. The molecule has 0 atom stereocenters. The number of benzene rings is 1. The van der Waals surface area contributed by atoms with Crippen molar-refractivity contribution in [1.29, 1.82) is 0 Å². The fourth-order valence-corrected chi connectivity index (χ4v) is 3.48. The van der Waals surface area contributed by atoms with Crippen molar-refractivity contribution in [3.8, 4) is 5.75 Å². The van der Waals surface area contributed by atoms with Crippen LogP contribution in [-0.4, -0.2) is 22.8 Å². The van der Waals surface area contributed by atoms with E-state index in [0.717, 1.165) is 42.6 Å². The van der Waals surface area contributed by atoms with Crippen LogP contribution < -0.4 is 10.1 Å². The standard InChI is InChI=1S/C18H23N3O2/c1-13-12-21(2)20-16(13)17(22)19-18(10-4-5-11-18)14-6-8-15(23-3)9-7-14/h6-9,12H,4-5,10-11H2,1-3H3,(H,19,22). The molecule has 1 aliphatic carbocycles. The lowest BCUT2D eigenvalue weighted by Crippen LogP contribution is -2.44. The van der Waals surface area contributed by atoms with E-state index in [1.165, 1.54) is 0 Å². The molecule has 1 aliphatic rings. The lowest BCUT2D eigenvalue weighted by molar-refractivity contribution is 0.0891. The minimum absolute atomic E-state index is 0.0965. The van der Waals surface area contributed by atoms with E-state index in [1.807, 2.05) is 32.3 Å². The molecule has 5 heteroatoms. The molecule has 1 amide bonds. The van der Waals surface area contributed by atoms with Crippen LogP contribution in [-0.2, 0) is 12.6 Å². The smallest absolute Gasteiger partial charge is 0.272 e. The van der Waals surface area contributed by atoms with Gasteiger partial charge in [-0.05, 0) is 37.5 Å². The number of aromatic nitrogens is 2. The summed E-state index contributed by atoms with van der Waals surface area (Å²) in [6.45, 7) is 1.91. The number of hydrogen-bond acceptors (Lipinski definition) is 3. The number of methoxy groups -OCH3 is 1. The van der Waals surface area contributed by atoms with E-state index in [0.29, 0.717) is 5.69 Å². The minimum Gasteiger partial charge on any atom is -0.497 e. The number of nitrogens with zero attached hydrogens (tertiary/aromatic N) is 2. The second kappa shape index (κ2) is 6.07. The molecule has 1 aromatic carbocycles. The molecule has 1 N–H and O–H groups in total. The summed E-state index contributed by atoms with van der Waals surface area (Å²) in [7, 11) is 3.49. The fourth-order valence-electron chi connectivity index (χ4n) is 3.48. The molecule has 0 bridgehead atoms. The minimum atomic E-state index is -0.298. The molecular weight excluding hydrogens is 290 g/mol. The van der Waals surface area contributed by atoms with Crippen molar-refractivity contribution in [1.82, 2.24) is 15.1 Å². The van der Waals surface area contributed by atoms with Crippen LogP contribution in [0.2, 0.25) is 0 Å². The molecule has 0 unspecified atom stereocenters. The Balaban J connectivity index is 1.88. The van der Waals surface area contributed by atoms with E-state index in [9.17, 15) is 4.79 Å². The van der Waals surface area contributed by atoms with Crippen molar-refractivity contribution in [3.63, 3.8) is 0 Å². The highest BCUT2D eigenvalue weighted by molar-refractivity contribution is 5.94. The lowest BCUT2D eigenvalue weighted by atomic mass is 9.88. The molecule has 0 saturated heterocycles. The van der Waals surface area contributed by atoms with Crippen molar-refractivity contribution in [2.75, 3.05) is 7.11 Å². The third kappa shape index (κ3) is 2.96. The zero-order valence-corrected chi connectivity index (χ0v) is 13.9. The fraction of sp³-hybridized carbons (Fsp3) is 0.444. The maximum Gasteiger partial charge on any atom is 0.272 e. The van der Waals surface area contributed by atoms with E-state index in [-0.39, 0.29) is 11.4 Å². The van der Waals surface area contributed by atoms with E-state index in [1.54, 1.807) is 11.8 Å². The van der Waals surface area contributed by atoms with Crippen LogP contribution in [0.15, 0.2) is 30.5 Å². The Morgan fingerprint density at radius 2 is 1.91 bits per heavy atom. The zero-order valence-electron chi connectivity index (χ0n) is 13.9. The largest absolute Gasteiger partial charge is 0.497 e. The molecule has 5 nitrogen and oxygen atoms in total. The molecule has 122 valence electrons. The topological polar surface area (TPSA) is 56.1 Å². The quantitative estimate of drug-likeness (QED) is 0.944. The van der Waals surface area contributed by atoms with Crippen molar-refractivity contribution in [3.05, 3.63) is 47.3 Å². The summed E-state index contributed by atoms with van der Waals surface area (Å²) in [6, 6.07) is 8.01. The maximum atomic E-state index is 12.7. The average Bonchev–Trinajstić information content (AvgIpc) is 3.14. The molecule has 23 heavy (non-hydrogen) atoms. The van der Waals surface area contributed by atoms with Gasteiger partial charge >= 0.3 is 0 Å². The molecule has 0 radical (unpaired) electrons. The summed E-state index contributed by atoms with van der Waals surface area (Å²) in [4.78, 5) is 12.7. The number of hydrogen-bond donors (Lipinski definition) is 1. The molecule has 1 saturated carbocycles. The number of aryl methyl sites for hydroxylation is 2. The van der Waals surface area contributed by atoms with Gasteiger partial charge in [-0.2, -0.15) is 5.10 Å². The monoisotopic (exact) mass is 313 g/mol. The molecule has 2 aromatic rings. The Kier molecular flexibility index (Phi) is 4.11. The summed E-state index contributed by atoms with van der Waals surface area (Å²) < 4.78 is 6.91. The third-order valence-electron chi connectivity index (χ3n) is 4.68. The number of rotatable bonds is 4. The van der Waals surface area contributed by atoms with Gasteiger partial charge in [0.05, 0.1) is 12.6 Å². The van der Waals surface area contributed by atoms with Crippen LogP contribution in [0.4, 0.5) is 0 Å². The molecule has 1 aromatic heterocycles. The second-order valence-electron chi connectivity index (χ2n) is 6.31. The molecule has 0 spiro atoms. The van der Waals surface area contributed by atoms with E-state index in [2.05, 4.69) is 22.5 Å². The van der Waals surface area contributed by atoms with Gasteiger partial charge in [-0.15, -0.1) is 0 Å². The van der Waals surface area contributed by atoms with Gasteiger partial charge in [0.25, 0.3) is 5.91 Å². The Hall–Kier alpha value is -2.30.